The molecule has 1 fully saturated rings. The average molecular weight is 239 g/mol. The third-order valence-electron chi connectivity index (χ3n) is 3.00. The van der Waals surface area contributed by atoms with Crippen molar-refractivity contribution in [3.63, 3.8) is 0 Å². The van der Waals surface area contributed by atoms with Crippen molar-refractivity contribution in [2.24, 2.45) is 0 Å². The molecule has 1 saturated carbocycles. The van der Waals surface area contributed by atoms with E-state index in [1.54, 1.807) is 13.3 Å². The molecule has 0 aliphatic heterocycles. The summed E-state index contributed by atoms with van der Waals surface area (Å²) in [7, 11) is 1.60. The van der Waals surface area contributed by atoms with Crippen LogP contribution in [0.25, 0.3) is 0 Å². The quantitative estimate of drug-likeness (QED) is 0.784. The average Bonchev–Trinajstić information content (AvgIpc) is 3.02. The van der Waals surface area contributed by atoms with Gasteiger partial charge in [-0.15, -0.1) is 0 Å². The lowest BCUT2D eigenvalue weighted by Crippen LogP contribution is -2.25. The summed E-state index contributed by atoms with van der Waals surface area (Å²) >= 11 is 0. The molecule has 0 bridgehead atoms. The molecule has 0 radical (unpaired) electrons. The first-order chi connectivity index (χ1) is 8.13. The minimum atomic E-state index is -0.574. The lowest BCUT2D eigenvalue weighted by atomic mass is 10.2. The summed E-state index contributed by atoms with van der Waals surface area (Å²) in [5.74, 6) is 0.656. The van der Waals surface area contributed by atoms with E-state index in [1.807, 2.05) is 18.5 Å². The fourth-order valence-corrected chi connectivity index (χ4v) is 1.90. The van der Waals surface area contributed by atoms with Gasteiger partial charge in [-0.25, -0.2) is 0 Å². The van der Waals surface area contributed by atoms with Crippen molar-refractivity contribution in [3.8, 4) is 5.75 Å². The molecule has 1 aromatic heterocycles. The van der Waals surface area contributed by atoms with Crippen molar-refractivity contribution in [1.29, 1.82) is 0 Å². The van der Waals surface area contributed by atoms with Crippen LogP contribution in [0, 0.1) is 0 Å². The highest BCUT2D eigenvalue weighted by Gasteiger charge is 2.25. The van der Waals surface area contributed by atoms with E-state index < -0.39 is 6.10 Å². The first-order valence-electron chi connectivity index (χ1n) is 6.16. The Morgan fingerprint density at radius 2 is 2.29 bits per heavy atom. The van der Waals surface area contributed by atoms with Crippen molar-refractivity contribution in [2.45, 2.75) is 44.9 Å². The van der Waals surface area contributed by atoms with Crippen molar-refractivity contribution < 1.29 is 9.84 Å². The number of aliphatic hydroxyl groups is 1. The molecule has 2 N–H and O–H groups in total. The van der Waals surface area contributed by atoms with Crippen LogP contribution < -0.4 is 10.1 Å². The Balaban J connectivity index is 2.11. The zero-order chi connectivity index (χ0) is 12.4. The summed E-state index contributed by atoms with van der Waals surface area (Å²) in [6.07, 6.45) is 3.52. The Morgan fingerprint density at radius 1 is 1.59 bits per heavy atom. The molecule has 1 heterocycles. The van der Waals surface area contributed by atoms with Crippen LogP contribution in [0.5, 0.6) is 5.75 Å². The van der Waals surface area contributed by atoms with Gasteiger partial charge in [0.15, 0.2) is 5.75 Å². The third-order valence-corrected chi connectivity index (χ3v) is 3.00. The fourth-order valence-electron chi connectivity index (χ4n) is 1.90. The van der Waals surface area contributed by atoms with Gasteiger partial charge in [-0.05, 0) is 26.7 Å². The predicted octanol–water partition coefficient (Wildman–Crippen LogP) is 1.26. The molecule has 1 atom stereocenters. The van der Waals surface area contributed by atoms with E-state index in [2.05, 4.69) is 10.4 Å². The largest absolute Gasteiger partial charge is 0.493 e. The van der Waals surface area contributed by atoms with Gasteiger partial charge in [-0.1, -0.05) is 0 Å². The number of rotatable bonds is 6. The summed E-state index contributed by atoms with van der Waals surface area (Å²) in [4.78, 5) is 0. The molecule has 1 aromatic rings. The Morgan fingerprint density at radius 3 is 2.82 bits per heavy atom. The molecule has 1 aliphatic rings. The standard InChI is InChI=1S/C12H21N3O2/c1-8(2)15-12(11(17-3)7-14-15)10(16)6-13-9-4-5-9/h7-10,13,16H,4-6H2,1-3H3. The molecule has 96 valence electrons. The van der Waals surface area contributed by atoms with Crippen molar-refractivity contribution in [3.05, 3.63) is 11.9 Å². The van der Waals surface area contributed by atoms with Crippen LogP contribution in [0.4, 0.5) is 0 Å². The van der Waals surface area contributed by atoms with Gasteiger partial charge in [0.25, 0.3) is 0 Å². The van der Waals surface area contributed by atoms with Crippen LogP contribution in [0.3, 0.4) is 0 Å². The maximum atomic E-state index is 10.2. The lowest BCUT2D eigenvalue weighted by molar-refractivity contribution is 0.157. The molecular weight excluding hydrogens is 218 g/mol. The third kappa shape index (κ3) is 2.79. The van der Waals surface area contributed by atoms with E-state index in [0.717, 1.165) is 5.69 Å². The van der Waals surface area contributed by atoms with Crippen LogP contribution in [0.2, 0.25) is 0 Å². The lowest BCUT2D eigenvalue weighted by Gasteiger charge is -2.17. The molecule has 0 spiro atoms. The summed E-state index contributed by atoms with van der Waals surface area (Å²) in [6.45, 7) is 4.63. The van der Waals surface area contributed by atoms with Gasteiger partial charge in [0.2, 0.25) is 0 Å². The maximum Gasteiger partial charge on any atom is 0.162 e. The van der Waals surface area contributed by atoms with Crippen LogP contribution in [-0.4, -0.2) is 34.6 Å². The van der Waals surface area contributed by atoms with Gasteiger partial charge in [0.1, 0.15) is 11.8 Å². The summed E-state index contributed by atoms with van der Waals surface area (Å²) < 4.78 is 7.07. The minimum absolute atomic E-state index is 0.212. The highest BCUT2D eigenvalue weighted by atomic mass is 16.5. The Bertz CT molecular complexity index is 372. The first-order valence-corrected chi connectivity index (χ1v) is 6.16. The molecule has 5 nitrogen and oxygen atoms in total. The second-order valence-corrected chi connectivity index (χ2v) is 4.83. The zero-order valence-electron chi connectivity index (χ0n) is 10.7. The van der Waals surface area contributed by atoms with E-state index >= 15 is 0 Å². The number of aromatic nitrogens is 2. The number of nitrogens with one attached hydrogen (secondary N) is 1. The number of ether oxygens (including phenoxy) is 1. The van der Waals surface area contributed by atoms with Gasteiger partial charge >= 0.3 is 0 Å². The topological polar surface area (TPSA) is 59.3 Å². The van der Waals surface area contributed by atoms with Crippen LogP contribution >= 0.6 is 0 Å². The zero-order valence-corrected chi connectivity index (χ0v) is 10.7. The van der Waals surface area contributed by atoms with Crippen LogP contribution in [-0.2, 0) is 0 Å². The number of aliphatic hydroxyl groups excluding tert-OH is 1. The van der Waals surface area contributed by atoms with Crippen molar-refractivity contribution in [1.82, 2.24) is 15.1 Å². The molecule has 1 aliphatic carbocycles. The Hall–Kier alpha value is -1.07. The van der Waals surface area contributed by atoms with Crippen LogP contribution in [0.15, 0.2) is 6.20 Å². The van der Waals surface area contributed by atoms with Crippen LogP contribution in [0.1, 0.15) is 44.5 Å². The molecule has 2 rings (SSSR count). The number of nitrogens with zero attached hydrogens (tertiary/aromatic N) is 2. The molecular formula is C12H21N3O2. The summed E-state index contributed by atoms with van der Waals surface area (Å²) in [5.41, 5.74) is 0.760. The van der Waals surface area contributed by atoms with Gasteiger partial charge in [0.05, 0.1) is 13.3 Å². The molecule has 1 unspecified atom stereocenters. The maximum absolute atomic E-state index is 10.2. The smallest absolute Gasteiger partial charge is 0.162 e. The second kappa shape index (κ2) is 5.06. The molecule has 0 saturated heterocycles. The Labute approximate surface area is 102 Å². The predicted molar refractivity (Wildman–Crippen MR) is 65.1 cm³/mol. The number of hydrogen-bond acceptors (Lipinski definition) is 4. The van der Waals surface area contributed by atoms with Gasteiger partial charge in [-0.2, -0.15) is 5.10 Å². The van der Waals surface area contributed by atoms with E-state index in [1.165, 1.54) is 12.8 Å². The van der Waals surface area contributed by atoms with E-state index in [-0.39, 0.29) is 6.04 Å². The van der Waals surface area contributed by atoms with Gasteiger partial charge in [0, 0.05) is 18.6 Å². The second-order valence-electron chi connectivity index (χ2n) is 4.83. The van der Waals surface area contributed by atoms with E-state index in [4.69, 9.17) is 4.74 Å². The van der Waals surface area contributed by atoms with Gasteiger partial charge in [-0.3, -0.25) is 4.68 Å². The highest BCUT2D eigenvalue weighted by Crippen LogP contribution is 2.28. The molecule has 0 amide bonds. The van der Waals surface area contributed by atoms with Gasteiger partial charge < -0.3 is 15.2 Å². The Kier molecular flexibility index (Phi) is 3.69. The molecule has 0 aromatic carbocycles. The van der Waals surface area contributed by atoms with Crippen molar-refractivity contribution >= 4 is 0 Å². The molecule has 17 heavy (non-hydrogen) atoms. The summed E-state index contributed by atoms with van der Waals surface area (Å²) in [6, 6.07) is 0.801. The van der Waals surface area contributed by atoms with E-state index in [0.29, 0.717) is 18.3 Å². The highest BCUT2D eigenvalue weighted by molar-refractivity contribution is 5.28. The van der Waals surface area contributed by atoms with Crippen molar-refractivity contribution in [2.75, 3.05) is 13.7 Å². The normalized spacial score (nSPS) is 17.5. The molecule has 5 heteroatoms. The SMILES string of the molecule is COc1cnn(C(C)C)c1C(O)CNC1CC1. The summed E-state index contributed by atoms with van der Waals surface area (Å²) in [5, 5.41) is 17.8. The number of methoxy groups -OCH3 is 1. The fraction of sp³-hybridized carbons (Fsp3) is 0.750. The van der Waals surface area contributed by atoms with E-state index in [9.17, 15) is 5.11 Å². The minimum Gasteiger partial charge on any atom is -0.493 e. The number of hydrogen-bond donors (Lipinski definition) is 2. The monoisotopic (exact) mass is 239 g/mol. The first kappa shape index (κ1) is 12.4.